The maximum Gasteiger partial charge on any atom is 0.414 e. The maximum atomic E-state index is 14.8. The molecule has 2 aromatic rings. The summed E-state index contributed by atoms with van der Waals surface area (Å²) >= 11 is 0. The number of carbonyl (C=O) groups excluding carboxylic acids is 3. The highest BCUT2D eigenvalue weighted by Gasteiger charge is 2.32. The van der Waals surface area contributed by atoms with Crippen LogP contribution < -0.4 is 26.2 Å². The van der Waals surface area contributed by atoms with Crippen LogP contribution in [0.2, 0.25) is 0 Å². The van der Waals surface area contributed by atoms with Gasteiger partial charge in [0.15, 0.2) is 0 Å². The Kier molecular flexibility index (Phi) is 9.90. The molecular weight excluding hydrogens is 445 g/mol. The van der Waals surface area contributed by atoms with Crippen molar-refractivity contribution in [2.24, 2.45) is 5.73 Å². The minimum atomic E-state index is -0.582. The van der Waals surface area contributed by atoms with Crippen LogP contribution in [0.1, 0.15) is 6.92 Å². The highest BCUT2D eigenvalue weighted by Crippen LogP contribution is 2.29. The number of rotatable bonds is 9. The number of likely N-dealkylation sites (N-methyl/N-ethyl adjacent to an activating group) is 1. The molecule has 1 aromatic heterocycles. The molecule has 2 heterocycles. The molecule has 1 unspecified atom stereocenters. The second kappa shape index (κ2) is 12.8. The van der Waals surface area contributed by atoms with E-state index in [1.807, 2.05) is 7.05 Å². The first kappa shape index (κ1) is 26.2. The maximum absolute atomic E-state index is 14.8. The van der Waals surface area contributed by atoms with Crippen LogP contribution in [0.25, 0.3) is 11.1 Å². The number of cyclic esters (lactones) is 1. The molecule has 0 saturated carbocycles. The summed E-state index contributed by atoms with van der Waals surface area (Å²) in [6.07, 6.45) is 1.93. The summed E-state index contributed by atoms with van der Waals surface area (Å²) in [6.45, 7) is 3.09. The molecular formula is C22H28FN7O4. The quantitative estimate of drug-likeness (QED) is 0.241. The van der Waals surface area contributed by atoms with E-state index in [0.717, 1.165) is 0 Å². The van der Waals surface area contributed by atoms with Gasteiger partial charge < -0.3 is 26.0 Å². The number of hydrogen-bond acceptors (Lipinski definition) is 7. The standard InChI is InChI=1S/C21H25FN6O3.CH3NO/c1-14(29)25-11-17-12-28(21(30)31-17)16-4-5-18(19(22)9-16)15-3-6-20(26-10-15)27(13-23)8-7-24-2;2-1-3/h3-6,9-10,13,17,23-24H,7-8,11-12H2,1-2H3,(H,25,29);1H,(H2,2,3). The first-order chi connectivity index (χ1) is 16.3. The Morgan fingerprint density at radius 3 is 2.71 bits per heavy atom. The summed E-state index contributed by atoms with van der Waals surface area (Å²) in [5, 5.41) is 13.1. The number of amides is 3. The van der Waals surface area contributed by atoms with E-state index in [1.165, 1.54) is 24.2 Å². The summed E-state index contributed by atoms with van der Waals surface area (Å²) in [7, 11) is 1.83. The first-order valence-electron chi connectivity index (χ1n) is 10.4. The van der Waals surface area contributed by atoms with Gasteiger partial charge in [0.2, 0.25) is 12.3 Å². The third-order valence-electron chi connectivity index (χ3n) is 4.83. The zero-order valence-electron chi connectivity index (χ0n) is 19.0. The van der Waals surface area contributed by atoms with Crippen LogP contribution in [-0.4, -0.2) is 69.1 Å². The number of hydrogen-bond donors (Lipinski definition) is 4. The summed E-state index contributed by atoms with van der Waals surface area (Å²) in [6, 6.07) is 7.98. The van der Waals surface area contributed by atoms with Crippen LogP contribution in [0, 0.1) is 11.2 Å². The van der Waals surface area contributed by atoms with Crippen LogP contribution in [0.5, 0.6) is 0 Å². The number of primary amides is 1. The van der Waals surface area contributed by atoms with Gasteiger partial charge in [-0.25, -0.2) is 14.2 Å². The Morgan fingerprint density at radius 1 is 1.41 bits per heavy atom. The fraction of sp³-hybridized carbons (Fsp3) is 0.318. The van der Waals surface area contributed by atoms with E-state index in [4.69, 9.17) is 14.9 Å². The van der Waals surface area contributed by atoms with Gasteiger partial charge in [0.05, 0.1) is 25.1 Å². The van der Waals surface area contributed by atoms with Gasteiger partial charge in [-0.1, -0.05) is 0 Å². The van der Waals surface area contributed by atoms with Gasteiger partial charge in [-0.15, -0.1) is 0 Å². The molecule has 1 aliphatic rings. The van der Waals surface area contributed by atoms with Crippen LogP contribution in [0.15, 0.2) is 36.5 Å². The first-order valence-corrected chi connectivity index (χ1v) is 10.4. The van der Waals surface area contributed by atoms with E-state index in [9.17, 15) is 14.0 Å². The van der Waals surface area contributed by atoms with Gasteiger partial charge in [-0.2, -0.15) is 0 Å². The lowest BCUT2D eigenvalue weighted by molar-refractivity contribution is -0.119. The lowest BCUT2D eigenvalue weighted by Crippen LogP contribution is -2.33. The topological polar surface area (TPSA) is 154 Å². The van der Waals surface area contributed by atoms with E-state index < -0.39 is 18.0 Å². The molecule has 0 spiro atoms. The molecule has 1 atom stereocenters. The van der Waals surface area contributed by atoms with E-state index in [-0.39, 0.29) is 25.4 Å². The summed E-state index contributed by atoms with van der Waals surface area (Å²) < 4.78 is 20.1. The normalized spacial score (nSPS) is 14.5. The second-order valence-electron chi connectivity index (χ2n) is 7.18. The molecule has 3 rings (SSSR count). The molecule has 5 N–H and O–H groups in total. The highest BCUT2D eigenvalue weighted by molar-refractivity contribution is 5.90. The number of anilines is 2. The highest BCUT2D eigenvalue weighted by atomic mass is 19.1. The molecule has 1 aliphatic heterocycles. The predicted molar refractivity (Wildman–Crippen MR) is 126 cm³/mol. The van der Waals surface area contributed by atoms with Crippen molar-refractivity contribution in [2.75, 3.05) is 43.0 Å². The van der Waals surface area contributed by atoms with Crippen molar-refractivity contribution < 1.29 is 23.5 Å². The van der Waals surface area contributed by atoms with E-state index >= 15 is 0 Å². The van der Waals surface area contributed by atoms with E-state index in [2.05, 4.69) is 21.4 Å². The SMILES string of the molecule is CNCCN(C=N)c1ccc(-c2ccc(N3CC(CNC(C)=O)OC3=O)cc2F)cn1.NC=O. The average Bonchev–Trinajstić information content (AvgIpc) is 3.19. The van der Waals surface area contributed by atoms with E-state index in [0.29, 0.717) is 35.7 Å². The number of carbonyl (C=O) groups is 3. The summed E-state index contributed by atoms with van der Waals surface area (Å²) in [5.74, 6) is -0.115. The van der Waals surface area contributed by atoms with Gasteiger partial charge in [-0.3, -0.25) is 19.9 Å². The van der Waals surface area contributed by atoms with Crippen molar-refractivity contribution in [1.82, 2.24) is 15.6 Å². The predicted octanol–water partition coefficient (Wildman–Crippen LogP) is 1.08. The minimum absolute atomic E-state index is 0.206. The van der Waals surface area contributed by atoms with Crippen molar-refractivity contribution in [3.63, 3.8) is 0 Å². The minimum Gasteiger partial charge on any atom is -0.442 e. The summed E-state index contributed by atoms with van der Waals surface area (Å²) in [5.41, 5.74) is 5.48. The Morgan fingerprint density at radius 2 is 2.15 bits per heavy atom. The number of benzene rings is 1. The molecule has 1 saturated heterocycles. The van der Waals surface area contributed by atoms with E-state index in [1.54, 1.807) is 35.4 Å². The average molecular weight is 474 g/mol. The molecule has 182 valence electrons. The van der Waals surface area contributed by atoms with Gasteiger partial charge in [0.25, 0.3) is 0 Å². The van der Waals surface area contributed by atoms with Crippen LogP contribution >= 0.6 is 0 Å². The fourth-order valence-corrected chi connectivity index (χ4v) is 3.20. The molecule has 3 amide bonds. The smallest absolute Gasteiger partial charge is 0.414 e. The number of halogens is 1. The largest absolute Gasteiger partial charge is 0.442 e. The fourth-order valence-electron chi connectivity index (χ4n) is 3.20. The molecule has 34 heavy (non-hydrogen) atoms. The zero-order chi connectivity index (χ0) is 25.1. The molecule has 1 fully saturated rings. The number of nitrogens with two attached hydrogens (primary N) is 1. The molecule has 0 radical (unpaired) electrons. The Balaban J connectivity index is 0.00000129. The Labute approximate surface area is 196 Å². The third-order valence-corrected chi connectivity index (χ3v) is 4.83. The molecule has 1 aromatic carbocycles. The van der Waals surface area contributed by atoms with Crippen molar-refractivity contribution >= 4 is 36.3 Å². The molecule has 12 heteroatoms. The number of ether oxygens (including phenoxy) is 1. The van der Waals surface area contributed by atoms with Crippen molar-refractivity contribution in [3.05, 3.63) is 42.3 Å². The zero-order valence-corrected chi connectivity index (χ0v) is 19.0. The van der Waals surface area contributed by atoms with Crippen molar-refractivity contribution in [1.29, 1.82) is 5.41 Å². The third kappa shape index (κ3) is 6.97. The number of pyridine rings is 1. The second-order valence-corrected chi connectivity index (χ2v) is 7.18. The van der Waals surface area contributed by atoms with Crippen molar-refractivity contribution in [3.8, 4) is 11.1 Å². The van der Waals surface area contributed by atoms with Gasteiger partial charge in [0.1, 0.15) is 17.7 Å². The number of nitrogens with one attached hydrogen (secondary N) is 3. The molecule has 0 aliphatic carbocycles. The number of aromatic nitrogens is 1. The van der Waals surface area contributed by atoms with Crippen LogP contribution in [0.4, 0.5) is 20.7 Å². The van der Waals surface area contributed by atoms with Gasteiger partial charge in [0, 0.05) is 37.3 Å². The number of nitrogens with zero attached hydrogens (tertiary/aromatic N) is 3. The lowest BCUT2D eigenvalue weighted by Gasteiger charge is -2.18. The van der Waals surface area contributed by atoms with Crippen molar-refractivity contribution in [2.45, 2.75) is 13.0 Å². The molecule has 0 bridgehead atoms. The summed E-state index contributed by atoms with van der Waals surface area (Å²) in [4.78, 5) is 39.1. The Bertz CT molecular complexity index is 1000. The van der Waals surface area contributed by atoms with Crippen LogP contribution in [0.3, 0.4) is 0 Å². The van der Waals surface area contributed by atoms with Gasteiger partial charge >= 0.3 is 6.09 Å². The lowest BCUT2D eigenvalue weighted by atomic mass is 10.1. The van der Waals surface area contributed by atoms with Crippen LogP contribution in [-0.2, 0) is 14.3 Å². The monoisotopic (exact) mass is 473 g/mol. The van der Waals surface area contributed by atoms with Gasteiger partial charge in [-0.05, 0) is 37.4 Å². The molecule has 11 nitrogen and oxygen atoms in total. The Hall–Kier alpha value is -4.06.